The molecule has 1 heterocycles. The molecule has 5 nitrogen and oxygen atoms in total. The summed E-state index contributed by atoms with van der Waals surface area (Å²) in [6, 6.07) is 7.36. The second kappa shape index (κ2) is 8.13. The van der Waals surface area contributed by atoms with E-state index in [-0.39, 0.29) is 24.8 Å². The number of oxazole rings is 1. The van der Waals surface area contributed by atoms with Gasteiger partial charge in [-0.2, -0.15) is 0 Å². The fourth-order valence-electron chi connectivity index (χ4n) is 1.97. The molecule has 0 aliphatic heterocycles. The number of nitrogens with zero attached hydrogens (tertiary/aromatic N) is 1. The highest BCUT2D eigenvalue weighted by Crippen LogP contribution is 2.28. The van der Waals surface area contributed by atoms with Crippen molar-refractivity contribution < 1.29 is 14.3 Å². The number of hydrogen-bond donors (Lipinski definition) is 2. The standard InChI is InChI=1S/C17H21ClN2O3/c1-11(2)14(21)9-19-16(22)7-8-17-20-10-15(23-17)12-5-3-4-6-13(12)18/h3-6,10-11,14,21H,7-9H2,1-2H3,(H,19,22). The zero-order valence-electron chi connectivity index (χ0n) is 13.3. The van der Waals surface area contributed by atoms with E-state index in [1.54, 1.807) is 12.3 Å². The van der Waals surface area contributed by atoms with E-state index >= 15 is 0 Å². The molecule has 23 heavy (non-hydrogen) atoms. The van der Waals surface area contributed by atoms with E-state index in [0.29, 0.717) is 23.1 Å². The molecule has 124 valence electrons. The van der Waals surface area contributed by atoms with Gasteiger partial charge >= 0.3 is 0 Å². The summed E-state index contributed by atoms with van der Waals surface area (Å²) in [7, 11) is 0. The van der Waals surface area contributed by atoms with Crippen molar-refractivity contribution in [2.24, 2.45) is 5.92 Å². The molecule has 2 N–H and O–H groups in total. The number of halogens is 1. The van der Waals surface area contributed by atoms with Crippen molar-refractivity contribution in [1.82, 2.24) is 10.3 Å². The van der Waals surface area contributed by atoms with Crippen LogP contribution in [0.1, 0.15) is 26.2 Å². The summed E-state index contributed by atoms with van der Waals surface area (Å²) in [6.45, 7) is 4.06. The molecule has 0 saturated carbocycles. The predicted molar refractivity (Wildman–Crippen MR) is 89.1 cm³/mol. The Bertz CT molecular complexity index is 655. The van der Waals surface area contributed by atoms with Crippen molar-refractivity contribution >= 4 is 17.5 Å². The first-order chi connectivity index (χ1) is 11.0. The van der Waals surface area contributed by atoms with Crippen molar-refractivity contribution in [2.75, 3.05) is 6.54 Å². The number of carbonyl (C=O) groups is 1. The van der Waals surface area contributed by atoms with Gasteiger partial charge < -0.3 is 14.8 Å². The Morgan fingerprint density at radius 1 is 1.39 bits per heavy atom. The monoisotopic (exact) mass is 336 g/mol. The lowest BCUT2D eigenvalue weighted by molar-refractivity contribution is -0.121. The van der Waals surface area contributed by atoms with Gasteiger partial charge in [0.25, 0.3) is 0 Å². The zero-order chi connectivity index (χ0) is 16.8. The first kappa shape index (κ1) is 17.5. The summed E-state index contributed by atoms with van der Waals surface area (Å²) in [4.78, 5) is 15.9. The number of rotatable bonds is 7. The smallest absolute Gasteiger partial charge is 0.220 e. The van der Waals surface area contributed by atoms with Gasteiger partial charge in [-0.15, -0.1) is 0 Å². The molecule has 0 spiro atoms. The van der Waals surface area contributed by atoms with Crippen LogP contribution < -0.4 is 5.32 Å². The summed E-state index contributed by atoms with van der Waals surface area (Å²) < 4.78 is 5.64. The van der Waals surface area contributed by atoms with Crippen LogP contribution in [0.15, 0.2) is 34.9 Å². The molecule has 0 bridgehead atoms. The number of hydrogen-bond acceptors (Lipinski definition) is 4. The molecule has 2 aromatic rings. The molecule has 2 rings (SSSR count). The first-order valence-corrected chi connectivity index (χ1v) is 7.99. The molecular formula is C17H21ClN2O3. The number of carbonyl (C=O) groups excluding carboxylic acids is 1. The van der Waals surface area contributed by atoms with Crippen LogP contribution in [0.5, 0.6) is 0 Å². The minimum atomic E-state index is -0.535. The van der Waals surface area contributed by atoms with Crippen LogP contribution in [0.25, 0.3) is 11.3 Å². The first-order valence-electron chi connectivity index (χ1n) is 7.61. The Labute approximate surface area is 140 Å². The summed E-state index contributed by atoms with van der Waals surface area (Å²) in [5, 5.41) is 13.0. The van der Waals surface area contributed by atoms with Gasteiger partial charge in [0.2, 0.25) is 5.91 Å². The van der Waals surface area contributed by atoms with Crippen LogP contribution in [-0.4, -0.2) is 28.6 Å². The Balaban J connectivity index is 1.86. The highest BCUT2D eigenvalue weighted by atomic mass is 35.5. The highest BCUT2D eigenvalue weighted by Gasteiger charge is 2.13. The highest BCUT2D eigenvalue weighted by molar-refractivity contribution is 6.33. The van der Waals surface area contributed by atoms with Gasteiger partial charge in [0.1, 0.15) is 0 Å². The number of nitrogens with one attached hydrogen (secondary N) is 1. The number of aryl methyl sites for hydroxylation is 1. The third-order valence-corrected chi connectivity index (χ3v) is 3.87. The predicted octanol–water partition coefficient (Wildman–Crippen LogP) is 3.06. The van der Waals surface area contributed by atoms with E-state index in [1.165, 1.54) is 0 Å². The van der Waals surface area contributed by atoms with Crippen LogP contribution in [-0.2, 0) is 11.2 Å². The van der Waals surface area contributed by atoms with Gasteiger partial charge in [-0.05, 0) is 18.1 Å². The summed E-state index contributed by atoms with van der Waals surface area (Å²) in [5.41, 5.74) is 0.775. The van der Waals surface area contributed by atoms with E-state index < -0.39 is 6.10 Å². The number of aliphatic hydroxyl groups excluding tert-OH is 1. The minimum Gasteiger partial charge on any atom is -0.441 e. The molecule has 0 radical (unpaired) electrons. The lowest BCUT2D eigenvalue weighted by Gasteiger charge is -2.14. The van der Waals surface area contributed by atoms with Crippen LogP contribution in [0.2, 0.25) is 5.02 Å². The van der Waals surface area contributed by atoms with E-state index in [0.717, 1.165) is 5.56 Å². The van der Waals surface area contributed by atoms with E-state index in [2.05, 4.69) is 10.3 Å². The summed E-state index contributed by atoms with van der Waals surface area (Å²) in [5.74, 6) is 1.04. The van der Waals surface area contributed by atoms with Crippen molar-refractivity contribution in [3.63, 3.8) is 0 Å². The average Bonchev–Trinajstić information content (AvgIpc) is 2.99. The number of benzene rings is 1. The third kappa shape index (κ3) is 5.08. The van der Waals surface area contributed by atoms with Crippen molar-refractivity contribution in [1.29, 1.82) is 0 Å². The van der Waals surface area contributed by atoms with Gasteiger partial charge in [-0.25, -0.2) is 4.98 Å². The largest absolute Gasteiger partial charge is 0.441 e. The SMILES string of the molecule is CC(C)C(O)CNC(=O)CCc1ncc(-c2ccccc2Cl)o1. The lowest BCUT2D eigenvalue weighted by Crippen LogP contribution is -2.34. The fraction of sp³-hybridized carbons (Fsp3) is 0.412. The molecule has 0 aliphatic rings. The minimum absolute atomic E-state index is 0.111. The normalized spacial score (nSPS) is 12.4. The van der Waals surface area contributed by atoms with Crippen LogP contribution >= 0.6 is 11.6 Å². The molecule has 1 unspecified atom stereocenters. The van der Waals surface area contributed by atoms with E-state index in [9.17, 15) is 9.90 Å². The molecule has 0 saturated heterocycles. The van der Waals surface area contributed by atoms with Crippen molar-refractivity contribution in [3.8, 4) is 11.3 Å². The second-order valence-corrected chi connectivity index (χ2v) is 6.12. The van der Waals surface area contributed by atoms with Gasteiger partial charge in [0.05, 0.1) is 17.3 Å². The molecule has 0 aliphatic carbocycles. The number of amides is 1. The van der Waals surface area contributed by atoms with Crippen molar-refractivity contribution in [2.45, 2.75) is 32.8 Å². The second-order valence-electron chi connectivity index (χ2n) is 5.71. The number of aromatic nitrogens is 1. The van der Waals surface area contributed by atoms with Crippen LogP contribution in [0, 0.1) is 5.92 Å². The molecular weight excluding hydrogens is 316 g/mol. The molecule has 1 aromatic carbocycles. The zero-order valence-corrected chi connectivity index (χ0v) is 14.0. The number of aliphatic hydroxyl groups is 1. The summed E-state index contributed by atoms with van der Waals surface area (Å²) >= 11 is 6.12. The topological polar surface area (TPSA) is 75.4 Å². The van der Waals surface area contributed by atoms with Gasteiger partial charge in [-0.3, -0.25) is 4.79 Å². The van der Waals surface area contributed by atoms with Crippen molar-refractivity contribution in [3.05, 3.63) is 41.4 Å². The summed E-state index contributed by atoms with van der Waals surface area (Å²) in [6.07, 6.45) is 1.73. The average molecular weight is 337 g/mol. The molecule has 0 fully saturated rings. The Kier molecular flexibility index (Phi) is 6.19. The maximum atomic E-state index is 11.8. The van der Waals surface area contributed by atoms with E-state index in [4.69, 9.17) is 16.0 Å². The van der Waals surface area contributed by atoms with Gasteiger partial charge in [0.15, 0.2) is 11.7 Å². The van der Waals surface area contributed by atoms with E-state index in [1.807, 2.05) is 32.0 Å². The Hall–Kier alpha value is -1.85. The van der Waals surface area contributed by atoms with Gasteiger partial charge in [-0.1, -0.05) is 37.6 Å². The molecule has 1 aromatic heterocycles. The molecule has 1 atom stereocenters. The molecule has 1 amide bonds. The third-order valence-electron chi connectivity index (χ3n) is 3.54. The quantitative estimate of drug-likeness (QED) is 0.814. The van der Waals surface area contributed by atoms with Crippen LogP contribution in [0.3, 0.4) is 0 Å². The lowest BCUT2D eigenvalue weighted by atomic mass is 10.1. The van der Waals surface area contributed by atoms with Gasteiger partial charge in [0, 0.05) is 24.9 Å². The fourth-order valence-corrected chi connectivity index (χ4v) is 2.20. The Morgan fingerprint density at radius 2 is 2.13 bits per heavy atom. The maximum absolute atomic E-state index is 11.8. The molecule has 6 heteroatoms. The van der Waals surface area contributed by atoms with Crippen LogP contribution in [0.4, 0.5) is 0 Å². The Morgan fingerprint density at radius 3 is 2.83 bits per heavy atom. The maximum Gasteiger partial charge on any atom is 0.220 e.